The molecule has 0 radical (unpaired) electrons. The Hall–Kier alpha value is -14.7. The van der Waals surface area contributed by atoms with Gasteiger partial charge in [-0.05, 0) is 257 Å². The Labute approximate surface area is 838 Å². The topological polar surface area (TPSA) is 380 Å². The maximum atomic E-state index is 14.6. The molecule has 10 atom stereocenters. The minimum absolute atomic E-state index is 0.0686. The predicted molar refractivity (Wildman–Crippen MR) is 524 cm³/mol. The first-order valence-corrected chi connectivity index (χ1v) is 53.6. The second kappa shape index (κ2) is 35.3. The summed E-state index contributed by atoms with van der Waals surface area (Å²) in [5, 5.41) is 47.3. The summed E-state index contributed by atoms with van der Waals surface area (Å²) in [6.45, 7) is 19.0. The fourth-order valence-electron chi connectivity index (χ4n) is 24.8. The van der Waals surface area contributed by atoms with Crippen molar-refractivity contribution in [3.05, 3.63) is 326 Å². The summed E-state index contributed by atoms with van der Waals surface area (Å²) in [6.07, 6.45) is 21.7. The molecule has 0 amide bonds. The first kappa shape index (κ1) is 98.3. The second-order valence-electron chi connectivity index (χ2n) is 41.1. The first-order valence-electron chi connectivity index (χ1n) is 47.5. The summed E-state index contributed by atoms with van der Waals surface area (Å²) in [6, 6.07) is 35.7. The van der Waals surface area contributed by atoms with Crippen molar-refractivity contribution in [2.24, 2.45) is 21.7 Å². The van der Waals surface area contributed by atoms with Gasteiger partial charge in [-0.1, -0.05) is 79.7 Å². The molecule has 4 fully saturated rings. The second-order valence-corrected chi connectivity index (χ2v) is 47.8. The summed E-state index contributed by atoms with van der Waals surface area (Å²) in [5.74, 6) is 0.0956. The average Bonchev–Trinajstić information content (AvgIpc) is 1.53. The number of aromatic nitrogens is 24. The van der Waals surface area contributed by atoms with Gasteiger partial charge >= 0.3 is 0 Å². The molecule has 4 aromatic carbocycles. The number of hydrogen-bond acceptors (Lipinski definition) is 26. The van der Waals surface area contributed by atoms with Gasteiger partial charge in [-0.3, -0.25) is 9.00 Å². The van der Waals surface area contributed by atoms with E-state index in [1.807, 2.05) is 24.3 Å². The molecule has 42 heteroatoms. The fourth-order valence-corrected chi connectivity index (χ4v) is 26.4. The third-order valence-electron chi connectivity index (χ3n) is 32.1. The summed E-state index contributed by atoms with van der Waals surface area (Å²) >= 11 is 0. The summed E-state index contributed by atoms with van der Waals surface area (Å²) < 4.78 is 195. The van der Waals surface area contributed by atoms with Crippen LogP contribution in [0.3, 0.4) is 0 Å². The van der Waals surface area contributed by atoms with Crippen LogP contribution in [0.25, 0.3) is 74.3 Å². The Morgan fingerprint density at radius 3 is 1.03 bits per heavy atom. The number of benzene rings is 4. The van der Waals surface area contributed by atoms with Crippen molar-refractivity contribution in [1.29, 1.82) is 0 Å². The third kappa shape index (κ3) is 15.6. The number of fused-ring (bicyclic) bond motifs is 20. The Morgan fingerprint density at radius 1 is 0.388 bits per heavy atom. The molecule has 0 saturated heterocycles. The smallest absolute Gasteiger partial charge is 0.267 e. The average molecular weight is 2060 g/mol. The molecule has 2 unspecified atom stereocenters. The first-order chi connectivity index (χ1) is 69.7. The lowest BCUT2D eigenvalue weighted by molar-refractivity contribution is 0.242. The van der Waals surface area contributed by atoms with Crippen LogP contribution in [0, 0.1) is 68.2 Å². The van der Waals surface area contributed by atoms with Crippen molar-refractivity contribution in [3.8, 4) is 74.3 Å². The SMILES string of the molecule is C=S(C)(=O)CCn1ccc(-c2nccc([C@@]34CC[C@@H](c5cc(-c6c(F)cccc6F)nnc53)C4(C)C)n2)cc1=O.CC(F)c1ccn(-c2nccc([C@@]34CC[C@@H](c5cc(-c6c(F)cccc6F)nnc53)C4(C)C)n2)n1.CC1(C)[C@H]2CC[C@]1(c1ccnc(-n3ccc(S(C)(=O)=O)n3)n1)c1nnc(-c3c(F)cccc3F)cc12.CC1(C)[C@H]2CC[C@]1(c1ccnc(-n3cnc(S(C)(=O)=O)n3)n1)c1nnc(-c3c(F)cccc3F)cc12. The minimum atomic E-state index is -3.59. The molecule has 0 spiro atoms. The fraction of sp³-hybridized carbons (Fsp3) is 0.333. The zero-order chi connectivity index (χ0) is 104. The number of alkyl halides is 1. The number of pyridine rings is 1. The monoisotopic (exact) mass is 2050 g/mol. The summed E-state index contributed by atoms with van der Waals surface area (Å²) in [5.41, 5.74) is 6.71. The van der Waals surface area contributed by atoms with Crippen LogP contribution >= 0.6 is 0 Å². The molecular formula is C105H95F9N24O6S3. The van der Waals surface area contributed by atoms with E-state index in [0.717, 1.165) is 120 Å². The van der Waals surface area contributed by atoms with Crippen LogP contribution in [0.2, 0.25) is 0 Å². The van der Waals surface area contributed by atoms with E-state index < -0.39 is 104 Å². The van der Waals surface area contributed by atoms with Crippen LogP contribution in [0.5, 0.6) is 0 Å². The Morgan fingerprint density at radius 2 is 0.721 bits per heavy atom. The van der Waals surface area contributed by atoms with Gasteiger partial charge in [0.05, 0.1) is 118 Å². The lowest BCUT2D eigenvalue weighted by atomic mass is 9.66. The Balaban J connectivity index is 0.000000115. The largest absolute Gasteiger partial charge is 0.315 e. The van der Waals surface area contributed by atoms with E-state index in [2.05, 4.69) is 142 Å². The van der Waals surface area contributed by atoms with Gasteiger partial charge in [0.15, 0.2) is 20.7 Å². The van der Waals surface area contributed by atoms with Crippen LogP contribution in [-0.4, -0.2) is 171 Å². The number of hydrogen-bond donors (Lipinski definition) is 0. The van der Waals surface area contributed by atoms with Crippen molar-refractivity contribution in [2.75, 3.05) is 24.5 Å². The maximum absolute atomic E-state index is 14.6. The molecule has 12 heterocycles. The Bertz CT molecular complexity index is 8240. The van der Waals surface area contributed by atoms with E-state index in [0.29, 0.717) is 46.7 Å². The predicted octanol–water partition coefficient (Wildman–Crippen LogP) is 17.6. The maximum Gasteiger partial charge on any atom is 0.267 e. The zero-order valence-electron chi connectivity index (χ0n) is 81.4. The van der Waals surface area contributed by atoms with Gasteiger partial charge in [-0.2, -0.15) is 35.3 Å². The van der Waals surface area contributed by atoms with E-state index in [1.54, 1.807) is 79.8 Å². The van der Waals surface area contributed by atoms with Gasteiger partial charge in [0.25, 0.3) is 28.6 Å². The Kier molecular flexibility index (Phi) is 23.6. The molecule has 0 aliphatic heterocycles. The number of rotatable bonds is 18. The van der Waals surface area contributed by atoms with Gasteiger partial charge in [0.1, 0.15) is 59.0 Å². The van der Waals surface area contributed by atoms with Crippen LogP contribution < -0.4 is 5.56 Å². The molecule has 752 valence electrons. The van der Waals surface area contributed by atoms with E-state index in [4.69, 9.17) is 19.9 Å². The normalized spacial score (nSPS) is 22.3. The summed E-state index contributed by atoms with van der Waals surface area (Å²) in [4.78, 5) is 53.4. The molecule has 12 aromatic heterocycles. The number of halogens is 9. The summed E-state index contributed by atoms with van der Waals surface area (Å²) in [7, 11) is -9.28. The molecule has 4 saturated carbocycles. The molecule has 8 aliphatic rings. The van der Waals surface area contributed by atoms with Crippen LogP contribution in [0.1, 0.15) is 217 Å². The molecule has 8 bridgehead atoms. The van der Waals surface area contributed by atoms with Crippen molar-refractivity contribution in [2.45, 2.75) is 182 Å². The van der Waals surface area contributed by atoms with Crippen molar-refractivity contribution in [3.63, 3.8) is 0 Å². The molecule has 30 nitrogen and oxygen atoms in total. The molecule has 0 N–H and O–H groups in total. The molecular weight excluding hydrogens is 1960 g/mol. The van der Waals surface area contributed by atoms with Crippen LogP contribution in [0.4, 0.5) is 39.5 Å². The molecule has 24 rings (SSSR count). The number of nitrogens with zero attached hydrogens (tertiary/aromatic N) is 24. The van der Waals surface area contributed by atoms with Gasteiger partial charge < -0.3 is 4.57 Å². The van der Waals surface area contributed by atoms with Gasteiger partial charge in [-0.15, -0.1) is 25.5 Å². The standard InChI is InChI=1S/C30H29F2N5O2S.C26H23F3N6.C25H22F2N6O2S.C24H21F2N7O2S/c1-29(2)20-8-11-30(29,27-19(20)17-23(35-36-27)26-21(31)6-5-7-22(26)32)24-9-12-33-28(34-24)18-10-13-37(25(38)16-18)14-15-40(3,4)39;1-14(27)19-9-12-35(34-19)24-30-11-8-21(31-24)26-10-7-16(25(26,2)3)15-13-20(32-33-23(15)26)22-17(28)5-4-6-18(22)29;1-24(2)15-7-10-25(24,19-8-11-28-23(29-19)33-12-9-20(32-33)36(3,34)35)22-14(15)13-18(30-31-22)21-16(26)5-4-6-17(21)27;1-23(2)14-7-9-24(23,18-8-10-27-21(29-18)33-12-28-22(32-33)36(3,34)35)20-13(14)11-17(30-31-20)19-15(25)5-4-6-16(19)26/h5-7,9-10,12-13,16-17,20H,3,8,11,14-15H2,1-2,4H3;4-6,8-9,11-14,16H,7,10H2,1-3H3;4-6,8-9,11-13,15H,7,10H2,1-3H3;4-6,8,10-12,14H,7,9H2,1-3H3/t20-,30-,40?;14?,16-,26-;15-,25-;14-,24-/m0000/s1. The van der Waals surface area contributed by atoms with Crippen LogP contribution in [-0.2, 0) is 57.4 Å². The van der Waals surface area contributed by atoms with Crippen molar-refractivity contribution < 1.29 is 60.6 Å². The number of sulfone groups is 2. The van der Waals surface area contributed by atoms with E-state index in [1.165, 1.54) is 123 Å². The minimum Gasteiger partial charge on any atom is -0.315 e. The highest BCUT2D eigenvalue weighted by Crippen LogP contribution is 2.74. The molecule has 8 aliphatic carbocycles. The highest BCUT2D eigenvalue weighted by molar-refractivity contribution is 7.99. The molecule has 147 heavy (non-hydrogen) atoms. The van der Waals surface area contributed by atoms with Gasteiger partial charge in [0, 0.05) is 86.1 Å². The quantitative estimate of drug-likeness (QED) is 0.0568. The highest BCUT2D eigenvalue weighted by Gasteiger charge is 2.69. The van der Waals surface area contributed by atoms with E-state index >= 15 is 0 Å². The van der Waals surface area contributed by atoms with E-state index in [-0.39, 0.29) is 118 Å². The van der Waals surface area contributed by atoms with Crippen LogP contribution in [0.15, 0.2) is 210 Å². The molecule has 16 aromatic rings. The van der Waals surface area contributed by atoms with Crippen molar-refractivity contribution in [1.82, 2.24) is 120 Å². The third-order valence-corrected chi connectivity index (χ3v) is 35.0. The lowest BCUT2D eigenvalue weighted by Crippen LogP contribution is -2.38. The van der Waals surface area contributed by atoms with Crippen molar-refractivity contribution >= 4 is 35.1 Å². The lowest BCUT2D eigenvalue weighted by Gasteiger charge is -2.37. The number of aryl methyl sites for hydroxylation is 1. The van der Waals surface area contributed by atoms with Gasteiger partial charge in [-0.25, -0.2) is 111 Å². The highest BCUT2D eigenvalue weighted by atomic mass is 32.2. The zero-order valence-corrected chi connectivity index (χ0v) is 83.9. The van der Waals surface area contributed by atoms with E-state index in [9.17, 15) is 65.4 Å². The van der Waals surface area contributed by atoms with Gasteiger partial charge in [0.2, 0.25) is 9.84 Å².